The number of piperidine rings is 1. The molecule has 5 rings (SSSR count). The predicted molar refractivity (Wildman–Crippen MR) is 141 cm³/mol. The van der Waals surface area contributed by atoms with Crippen molar-refractivity contribution in [3.05, 3.63) is 40.1 Å². The Hall–Kier alpha value is -2.76. The monoisotopic (exact) mass is 528 g/mol. The van der Waals surface area contributed by atoms with E-state index >= 15 is 0 Å². The molecule has 1 N–H and O–H groups in total. The standard InChI is InChI=1S/C26H36N6O4S/c1-5-8-22-27-18(3)23-25(33)28-24(29-32(22)23)20-15-19(9-10-21(20)36-6-2)37(34,35)31-13-7-11-26(17-31)12-14-30(4)16-26/h9-10,15H,5-8,11-14,16-17H2,1-4H3,(H,28,29,33). The lowest BCUT2D eigenvalue weighted by Crippen LogP contribution is -2.47. The highest BCUT2D eigenvalue weighted by atomic mass is 32.2. The van der Waals surface area contributed by atoms with E-state index in [0.717, 1.165) is 38.8 Å². The minimum absolute atomic E-state index is 0.0148. The minimum atomic E-state index is -3.75. The van der Waals surface area contributed by atoms with Gasteiger partial charge in [0.2, 0.25) is 10.0 Å². The number of aryl methyl sites for hydroxylation is 2. The molecule has 10 nitrogen and oxygen atoms in total. The molecule has 200 valence electrons. The van der Waals surface area contributed by atoms with Crippen molar-refractivity contribution in [3.8, 4) is 17.1 Å². The molecule has 3 aromatic rings. The van der Waals surface area contributed by atoms with Crippen molar-refractivity contribution in [2.24, 2.45) is 5.41 Å². The van der Waals surface area contributed by atoms with E-state index in [1.165, 1.54) is 0 Å². The number of hydrogen-bond acceptors (Lipinski definition) is 7. The number of nitrogens with one attached hydrogen (secondary N) is 1. The van der Waals surface area contributed by atoms with E-state index in [9.17, 15) is 13.2 Å². The molecule has 0 radical (unpaired) electrons. The lowest BCUT2D eigenvalue weighted by atomic mass is 9.80. The molecule has 2 saturated heterocycles. The van der Waals surface area contributed by atoms with Gasteiger partial charge in [-0.2, -0.15) is 4.31 Å². The van der Waals surface area contributed by atoms with Crippen LogP contribution in [0.4, 0.5) is 0 Å². The Kier molecular flexibility index (Phi) is 6.88. The van der Waals surface area contributed by atoms with Crippen molar-refractivity contribution in [2.45, 2.75) is 57.8 Å². The Morgan fingerprint density at radius 1 is 1.16 bits per heavy atom. The first-order chi connectivity index (χ1) is 17.7. The van der Waals surface area contributed by atoms with Gasteiger partial charge in [0.15, 0.2) is 11.3 Å². The summed E-state index contributed by atoms with van der Waals surface area (Å²) in [5.41, 5.74) is 1.14. The quantitative estimate of drug-likeness (QED) is 0.502. The summed E-state index contributed by atoms with van der Waals surface area (Å²) in [6.07, 6.45) is 4.44. The maximum Gasteiger partial charge on any atom is 0.277 e. The maximum absolute atomic E-state index is 13.8. The van der Waals surface area contributed by atoms with Crippen LogP contribution in [0, 0.1) is 12.3 Å². The van der Waals surface area contributed by atoms with Crippen molar-refractivity contribution in [2.75, 3.05) is 39.8 Å². The lowest BCUT2D eigenvalue weighted by molar-refractivity contribution is 0.153. The van der Waals surface area contributed by atoms with Crippen LogP contribution in [0.1, 0.15) is 51.0 Å². The molecule has 2 aromatic heterocycles. The van der Waals surface area contributed by atoms with Gasteiger partial charge >= 0.3 is 0 Å². The molecule has 37 heavy (non-hydrogen) atoms. The van der Waals surface area contributed by atoms with E-state index in [2.05, 4.69) is 21.9 Å². The van der Waals surface area contributed by atoms with Crippen molar-refractivity contribution in [1.29, 1.82) is 0 Å². The molecule has 0 aliphatic carbocycles. The second-order valence-corrected chi connectivity index (χ2v) is 12.4. The van der Waals surface area contributed by atoms with E-state index in [4.69, 9.17) is 9.84 Å². The first-order valence-corrected chi connectivity index (χ1v) is 14.6. The number of ether oxygens (including phenoxy) is 1. The number of fused-ring (bicyclic) bond motifs is 1. The molecule has 1 atom stereocenters. The number of hydrogen-bond donors (Lipinski definition) is 1. The number of nitrogens with zero attached hydrogens (tertiary/aromatic N) is 5. The van der Waals surface area contributed by atoms with Gasteiger partial charge in [0.25, 0.3) is 5.56 Å². The Morgan fingerprint density at radius 2 is 1.97 bits per heavy atom. The fraction of sp³-hybridized carbons (Fsp3) is 0.577. The Bertz CT molecular complexity index is 1480. The number of likely N-dealkylation sites (tertiary alicyclic amines) is 1. The van der Waals surface area contributed by atoms with Crippen LogP contribution in [-0.4, -0.2) is 77.0 Å². The van der Waals surface area contributed by atoms with Gasteiger partial charge < -0.3 is 14.6 Å². The van der Waals surface area contributed by atoms with Gasteiger partial charge in [0, 0.05) is 26.1 Å². The van der Waals surface area contributed by atoms with Crippen LogP contribution in [0.3, 0.4) is 0 Å². The third-order valence-corrected chi connectivity index (χ3v) is 9.46. The second kappa shape index (κ2) is 9.85. The van der Waals surface area contributed by atoms with Gasteiger partial charge in [0.05, 0.1) is 22.8 Å². The molecular weight excluding hydrogens is 492 g/mol. The summed E-state index contributed by atoms with van der Waals surface area (Å²) in [7, 11) is -1.65. The zero-order valence-corrected chi connectivity index (χ0v) is 22.9. The number of rotatable bonds is 7. The molecule has 0 saturated carbocycles. The normalized spacial score (nSPS) is 21.3. The van der Waals surface area contributed by atoms with Crippen LogP contribution < -0.4 is 10.3 Å². The van der Waals surface area contributed by atoms with Gasteiger partial charge in [-0.3, -0.25) is 4.79 Å². The zero-order valence-electron chi connectivity index (χ0n) is 22.1. The molecular formula is C26H36N6O4S. The molecule has 4 heterocycles. The molecule has 1 unspecified atom stereocenters. The van der Waals surface area contributed by atoms with Crippen LogP contribution in [0.25, 0.3) is 16.9 Å². The van der Waals surface area contributed by atoms with E-state index in [1.807, 2.05) is 13.8 Å². The van der Waals surface area contributed by atoms with Crippen molar-refractivity contribution in [1.82, 2.24) is 28.8 Å². The number of sulfonamides is 1. The summed E-state index contributed by atoms with van der Waals surface area (Å²) in [4.78, 5) is 22.9. The van der Waals surface area contributed by atoms with Crippen molar-refractivity contribution >= 4 is 15.5 Å². The molecule has 0 bridgehead atoms. The Morgan fingerprint density at radius 3 is 2.68 bits per heavy atom. The molecule has 1 spiro atoms. The summed E-state index contributed by atoms with van der Waals surface area (Å²) in [5, 5.41) is 4.70. The highest BCUT2D eigenvalue weighted by molar-refractivity contribution is 7.89. The predicted octanol–water partition coefficient (Wildman–Crippen LogP) is 2.85. The van der Waals surface area contributed by atoms with E-state index < -0.39 is 10.0 Å². The number of benzene rings is 1. The fourth-order valence-electron chi connectivity index (χ4n) is 5.89. The minimum Gasteiger partial charge on any atom is -0.493 e. The summed E-state index contributed by atoms with van der Waals surface area (Å²) >= 11 is 0. The largest absolute Gasteiger partial charge is 0.493 e. The van der Waals surface area contributed by atoms with E-state index in [0.29, 0.717) is 54.5 Å². The average Bonchev–Trinajstić information content (AvgIpc) is 3.38. The summed E-state index contributed by atoms with van der Waals surface area (Å²) < 4.78 is 36.7. The van der Waals surface area contributed by atoms with Crippen LogP contribution >= 0.6 is 0 Å². The second-order valence-electron chi connectivity index (χ2n) is 10.4. The van der Waals surface area contributed by atoms with Gasteiger partial charge in [-0.1, -0.05) is 6.92 Å². The summed E-state index contributed by atoms with van der Waals surface area (Å²) in [6.45, 7) is 9.03. The summed E-state index contributed by atoms with van der Waals surface area (Å²) in [6, 6.07) is 4.83. The number of imidazole rings is 1. The first-order valence-electron chi connectivity index (χ1n) is 13.1. The lowest BCUT2D eigenvalue weighted by Gasteiger charge is -2.39. The summed E-state index contributed by atoms with van der Waals surface area (Å²) in [5.74, 6) is 1.41. The molecule has 1 aromatic carbocycles. The van der Waals surface area contributed by atoms with Crippen LogP contribution in [-0.2, 0) is 16.4 Å². The topological polar surface area (TPSA) is 113 Å². The smallest absolute Gasteiger partial charge is 0.277 e. The number of aromatic amines is 1. The van der Waals surface area contributed by atoms with Crippen LogP contribution in [0.2, 0.25) is 0 Å². The first kappa shape index (κ1) is 25.9. The molecule has 0 amide bonds. The van der Waals surface area contributed by atoms with Gasteiger partial charge in [0.1, 0.15) is 11.6 Å². The van der Waals surface area contributed by atoms with Crippen LogP contribution in [0.15, 0.2) is 27.9 Å². The average molecular weight is 529 g/mol. The van der Waals surface area contributed by atoms with Crippen molar-refractivity contribution in [3.63, 3.8) is 0 Å². The van der Waals surface area contributed by atoms with Gasteiger partial charge in [-0.15, -0.1) is 5.10 Å². The Labute approximate surface area is 217 Å². The third kappa shape index (κ3) is 4.68. The van der Waals surface area contributed by atoms with Crippen LogP contribution in [0.5, 0.6) is 5.75 Å². The molecule has 11 heteroatoms. The highest BCUT2D eigenvalue weighted by Crippen LogP contribution is 2.40. The number of H-pyrrole nitrogens is 1. The number of aromatic nitrogens is 4. The van der Waals surface area contributed by atoms with E-state index in [-0.39, 0.29) is 21.7 Å². The molecule has 2 fully saturated rings. The highest BCUT2D eigenvalue weighted by Gasteiger charge is 2.43. The van der Waals surface area contributed by atoms with Gasteiger partial charge in [-0.05, 0) is 76.7 Å². The zero-order chi connectivity index (χ0) is 26.4. The van der Waals surface area contributed by atoms with Gasteiger partial charge in [-0.25, -0.2) is 17.9 Å². The van der Waals surface area contributed by atoms with E-state index in [1.54, 1.807) is 33.9 Å². The fourth-order valence-corrected chi connectivity index (χ4v) is 7.51. The SMILES string of the molecule is CCCc1nc(C)c2c(=O)[nH]c(-c3cc(S(=O)(=O)N4CCCC5(CCN(C)C5)C4)ccc3OCC)nn12. The molecule has 2 aliphatic heterocycles. The molecule has 2 aliphatic rings. The Balaban J connectivity index is 1.58. The van der Waals surface area contributed by atoms with Crippen molar-refractivity contribution < 1.29 is 13.2 Å². The maximum atomic E-state index is 13.8. The third-order valence-electron chi connectivity index (χ3n) is 7.62.